The number of hydrogen-bond acceptors (Lipinski definition) is 7. The number of ether oxygens (including phenoxy) is 1. The summed E-state index contributed by atoms with van der Waals surface area (Å²) in [6.07, 6.45) is 0.205. The first-order valence-electron chi connectivity index (χ1n) is 12.6. The average molecular weight is 576 g/mol. The Bertz CT molecular complexity index is 1820. The average Bonchev–Trinajstić information content (AvgIpc) is 3.40. The maximum absolute atomic E-state index is 14.3. The molecular formula is C30H16F4N2O6. The zero-order valence-electron chi connectivity index (χ0n) is 21.3. The molecular weight excluding hydrogens is 560 g/mol. The van der Waals surface area contributed by atoms with Crippen molar-refractivity contribution in [1.82, 2.24) is 9.88 Å². The highest BCUT2D eigenvalue weighted by atomic mass is 19.2. The van der Waals surface area contributed by atoms with Crippen LogP contribution in [-0.4, -0.2) is 52.4 Å². The molecule has 0 bridgehead atoms. The Morgan fingerprint density at radius 1 is 0.786 bits per heavy atom. The first-order valence-corrected chi connectivity index (χ1v) is 12.6. The van der Waals surface area contributed by atoms with Crippen molar-refractivity contribution in [3.63, 3.8) is 0 Å². The minimum Gasteiger partial charge on any atom is -0.462 e. The van der Waals surface area contributed by atoms with Crippen LogP contribution in [0.15, 0.2) is 54.6 Å². The van der Waals surface area contributed by atoms with Gasteiger partial charge in [0.2, 0.25) is 0 Å². The Kier molecular flexibility index (Phi) is 6.40. The van der Waals surface area contributed by atoms with Gasteiger partial charge in [-0.15, -0.1) is 0 Å². The third kappa shape index (κ3) is 4.06. The zero-order chi connectivity index (χ0) is 29.9. The van der Waals surface area contributed by atoms with Crippen LogP contribution in [0.3, 0.4) is 0 Å². The van der Waals surface area contributed by atoms with E-state index in [1.54, 1.807) is 24.3 Å². The standard InChI is InChI=1S/C30H16F4N2O6/c31-22-20-21(23(32)25(34)24(22)33)27(38)19(26(20)37)18-9-6-13-12-14(7-8-17(13)35-18)30(41)42-11-3-10-36-28(39)15-4-1-2-5-16(15)29(36)40/h1-2,4-9,12,19H,3,10-11H2. The number of pyridine rings is 1. The van der Waals surface area contributed by atoms with Crippen LogP contribution in [-0.2, 0) is 4.74 Å². The van der Waals surface area contributed by atoms with Crippen LogP contribution in [0.5, 0.6) is 0 Å². The molecule has 3 aromatic carbocycles. The van der Waals surface area contributed by atoms with E-state index in [1.807, 2.05) is 0 Å². The number of esters is 1. The summed E-state index contributed by atoms with van der Waals surface area (Å²) in [4.78, 5) is 68.3. The maximum atomic E-state index is 14.3. The van der Waals surface area contributed by atoms with Gasteiger partial charge in [-0.1, -0.05) is 18.2 Å². The van der Waals surface area contributed by atoms with Crippen LogP contribution < -0.4 is 0 Å². The van der Waals surface area contributed by atoms with E-state index < -0.39 is 69.7 Å². The number of nitrogens with zero attached hydrogens (tertiary/aromatic N) is 2. The minimum atomic E-state index is -2.19. The Hall–Kier alpha value is -5.26. The van der Waals surface area contributed by atoms with Gasteiger partial charge in [-0.3, -0.25) is 29.1 Å². The second-order valence-corrected chi connectivity index (χ2v) is 9.61. The molecule has 0 saturated heterocycles. The van der Waals surface area contributed by atoms with Crippen molar-refractivity contribution >= 4 is 40.3 Å². The van der Waals surface area contributed by atoms with Crippen LogP contribution in [0.2, 0.25) is 0 Å². The second-order valence-electron chi connectivity index (χ2n) is 9.61. The molecule has 6 rings (SSSR count). The van der Waals surface area contributed by atoms with Gasteiger partial charge < -0.3 is 4.74 Å². The summed E-state index contributed by atoms with van der Waals surface area (Å²) in [6, 6.07) is 13.3. The predicted octanol–water partition coefficient (Wildman–Crippen LogP) is 4.80. The van der Waals surface area contributed by atoms with E-state index in [4.69, 9.17) is 4.74 Å². The number of benzene rings is 3. The van der Waals surface area contributed by atoms with Gasteiger partial charge in [0.15, 0.2) is 34.8 Å². The zero-order valence-corrected chi connectivity index (χ0v) is 21.3. The monoisotopic (exact) mass is 576 g/mol. The van der Waals surface area contributed by atoms with Crippen molar-refractivity contribution in [2.75, 3.05) is 13.2 Å². The number of carbonyl (C=O) groups is 5. The minimum absolute atomic E-state index is 0.0552. The van der Waals surface area contributed by atoms with Gasteiger partial charge in [0.25, 0.3) is 11.8 Å². The summed E-state index contributed by atoms with van der Waals surface area (Å²) in [5, 5.41) is 0.393. The van der Waals surface area contributed by atoms with Crippen molar-refractivity contribution in [3.05, 3.63) is 111 Å². The Morgan fingerprint density at radius 2 is 1.38 bits per heavy atom. The molecule has 12 heteroatoms. The summed E-state index contributed by atoms with van der Waals surface area (Å²) >= 11 is 0. The predicted molar refractivity (Wildman–Crippen MR) is 136 cm³/mol. The van der Waals surface area contributed by atoms with Crippen LogP contribution in [0.4, 0.5) is 17.6 Å². The smallest absolute Gasteiger partial charge is 0.338 e. The molecule has 8 nitrogen and oxygen atoms in total. The first-order chi connectivity index (χ1) is 20.1. The summed E-state index contributed by atoms with van der Waals surface area (Å²) in [5.41, 5.74) is -1.54. The fourth-order valence-corrected chi connectivity index (χ4v) is 5.11. The lowest BCUT2D eigenvalue weighted by Gasteiger charge is -2.13. The SMILES string of the molecule is O=C(OCCCN1C(=O)c2ccccc2C1=O)c1ccc2nc(C3C(=O)c4c(F)c(F)c(F)c(F)c4C3=O)ccc2c1. The lowest BCUT2D eigenvalue weighted by Crippen LogP contribution is -2.31. The molecule has 0 atom stereocenters. The number of aromatic nitrogens is 1. The number of amides is 2. The van der Waals surface area contributed by atoms with E-state index in [9.17, 15) is 41.5 Å². The third-order valence-electron chi connectivity index (χ3n) is 7.16. The van der Waals surface area contributed by atoms with Gasteiger partial charge in [-0.25, -0.2) is 22.4 Å². The number of halogens is 4. The van der Waals surface area contributed by atoms with Crippen LogP contribution >= 0.6 is 0 Å². The van der Waals surface area contributed by atoms with Gasteiger partial charge in [0.05, 0.1) is 45.6 Å². The molecule has 0 fully saturated rings. The molecule has 1 aliphatic heterocycles. The van der Waals surface area contributed by atoms with Crippen LogP contribution in [0.1, 0.15) is 69.8 Å². The molecule has 0 unspecified atom stereocenters. The summed E-state index contributed by atoms with van der Waals surface area (Å²) in [7, 11) is 0. The molecule has 2 aliphatic rings. The van der Waals surface area contributed by atoms with Gasteiger partial charge in [-0.05, 0) is 42.8 Å². The lowest BCUT2D eigenvalue weighted by molar-refractivity contribution is 0.0482. The summed E-state index contributed by atoms with van der Waals surface area (Å²) in [6.45, 7) is -0.0260. The molecule has 1 aromatic heterocycles. The van der Waals surface area contributed by atoms with E-state index >= 15 is 0 Å². The Morgan fingerprint density at radius 3 is 1.98 bits per heavy atom. The van der Waals surface area contributed by atoms with Crippen LogP contribution in [0.25, 0.3) is 10.9 Å². The molecule has 0 spiro atoms. The second kappa shape index (κ2) is 9.98. The van der Waals surface area contributed by atoms with Crippen molar-refractivity contribution in [3.8, 4) is 0 Å². The van der Waals surface area contributed by atoms with Crippen molar-refractivity contribution in [1.29, 1.82) is 0 Å². The van der Waals surface area contributed by atoms with E-state index in [1.165, 1.54) is 30.3 Å². The number of carbonyl (C=O) groups excluding carboxylic acids is 5. The topological polar surface area (TPSA) is 111 Å². The highest BCUT2D eigenvalue weighted by Crippen LogP contribution is 2.38. The molecule has 0 saturated carbocycles. The molecule has 4 aromatic rings. The van der Waals surface area contributed by atoms with Crippen molar-refractivity contribution in [2.45, 2.75) is 12.3 Å². The maximum Gasteiger partial charge on any atom is 0.338 e. The molecule has 0 radical (unpaired) electrons. The Balaban J connectivity index is 1.13. The number of imide groups is 1. The van der Waals surface area contributed by atoms with Crippen molar-refractivity contribution < 1.29 is 46.3 Å². The molecule has 42 heavy (non-hydrogen) atoms. The molecule has 2 heterocycles. The van der Waals surface area contributed by atoms with E-state index in [2.05, 4.69) is 4.98 Å². The number of Topliss-reactive ketones (excluding diaryl/α,β-unsaturated/α-hetero) is 2. The fourth-order valence-electron chi connectivity index (χ4n) is 5.11. The fraction of sp³-hybridized carbons (Fsp3) is 0.133. The van der Waals surface area contributed by atoms with Gasteiger partial charge in [0.1, 0.15) is 5.92 Å². The highest BCUT2D eigenvalue weighted by Gasteiger charge is 2.47. The van der Waals surface area contributed by atoms with Gasteiger partial charge >= 0.3 is 5.97 Å². The summed E-state index contributed by atoms with van der Waals surface area (Å²) < 4.78 is 61.2. The number of ketones is 2. The third-order valence-corrected chi connectivity index (χ3v) is 7.16. The molecule has 0 N–H and O–H groups in total. The molecule has 1 aliphatic carbocycles. The quantitative estimate of drug-likeness (QED) is 0.0617. The highest BCUT2D eigenvalue weighted by molar-refractivity contribution is 6.30. The number of fused-ring (bicyclic) bond motifs is 3. The van der Waals surface area contributed by atoms with E-state index in [0.717, 1.165) is 4.90 Å². The molecule has 2 amide bonds. The Labute approximate surface area is 233 Å². The van der Waals surface area contributed by atoms with Gasteiger partial charge in [0, 0.05) is 11.9 Å². The number of rotatable bonds is 6. The van der Waals surface area contributed by atoms with Crippen LogP contribution in [0, 0.1) is 23.3 Å². The van der Waals surface area contributed by atoms with Gasteiger partial charge in [-0.2, -0.15) is 0 Å². The first kappa shape index (κ1) is 26.9. The lowest BCUT2D eigenvalue weighted by atomic mass is 9.98. The van der Waals surface area contributed by atoms with E-state index in [0.29, 0.717) is 16.5 Å². The molecule has 210 valence electrons. The number of hydrogen-bond donors (Lipinski definition) is 0. The largest absolute Gasteiger partial charge is 0.462 e. The summed E-state index contributed by atoms with van der Waals surface area (Å²) in [5.74, 6) is -14.1. The normalized spacial score (nSPS) is 14.6. The van der Waals surface area contributed by atoms with E-state index in [-0.39, 0.29) is 36.3 Å². The van der Waals surface area contributed by atoms with Crippen molar-refractivity contribution in [2.24, 2.45) is 0 Å².